The van der Waals surface area contributed by atoms with Gasteiger partial charge in [0.15, 0.2) is 0 Å². The van der Waals surface area contributed by atoms with Crippen LogP contribution in [-0.2, 0) is 6.42 Å². The zero-order valence-electron chi connectivity index (χ0n) is 10.5. The van der Waals surface area contributed by atoms with Gasteiger partial charge in [-0.1, -0.05) is 66.5 Å². The number of benzene rings is 1. The van der Waals surface area contributed by atoms with Crippen molar-refractivity contribution in [2.24, 2.45) is 5.92 Å². The third-order valence-electron chi connectivity index (χ3n) is 2.80. The molecule has 0 bridgehead atoms. The molecule has 1 heteroatoms. The molecule has 1 unspecified atom stereocenters. The van der Waals surface area contributed by atoms with Gasteiger partial charge in [0.1, 0.15) is 0 Å². The Labute approximate surface area is 109 Å². The Hall–Kier alpha value is -0.300. The van der Waals surface area contributed by atoms with Gasteiger partial charge >= 0.3 is 0 Å². The molecule has 0 N–H and O–H groups in total. The molecule has 0 aliphatic carbocycles. The van der Waals surface area contributed by atoms with E-state index in [1.807, 2.05) is 0 Å². The van der Waals surface area contributed by atoms with Gasteiger partial charge in [-0.25, -0.2) is 0 Å². The molecule has 0 spiro atoms. The Bertz CT molecular complexity index is 266. The largest absolute Gasteiger partial charge is 0.0891 e. The van der Waals surface area contributed by atoms with E-state index < -0.39 is 0 Å². The van der Waals surface area contributed by atoms with Crippen LogP contribution in [0.3, 0.4) is 0 Å². The van der Waals surface area contributed by atoms with Gasteiger partial charge in [-0.3, -0.25) is 0 Å². The predicted molar refractivity (Wildman–Crippen MR) is 76.2 cm³/mol. The van der Waals surface area contributed by atoms with Gasteiger partial charge in [-0.15, -0.1) is 0 Å². The average Bonchev–Trinajstić information content (AvgIpc) is 2.25. The van der Waals surface area contributed by atoms with Crippen molar-refractivity contribution < 1.29 is 0 Å². The highest BCUT2D eigenvalue weighted by Crippen LogP contribution is 2.19. The smallest absolute Gasteiger partial charge is 0.0148 e. The molecule has 0 saturated carbocycles. The van der Waals surface area contributed by atoms with E-state index in [4.69, 9.17) is 0 Å². The van der Waals surface area contributed by atoms with Gasteiger partial charge in [-0.2, -0.15) is 0 Å². The molecule has 1 rings (SSSR count). The van der Waals surface area contributed by atoms with Gasteiger partial charge < -0.3 is 0 Å². The van der Waals surface area contributed by atoms with Crippen LogP contribution >= 0.6 is 15.9 Å². The molecule has 1 aromatic rings. The van der Waals surface area contributed by atoms with E-state index in [0.29, 0.717) is 4.83 Å². The van der Waals surface area contributed by atoms with Crippen LogP contribution in [0.25, 0.3) is 0 Å². The molecule has 0 aromatic heterocycles. The van der Waals surface area contributed by atoms with E-state index in [9.17, 15) is 0 Å². The van der Waals surface area contributed by atoms with Crippen LogP contribution in [-0.4, -0.2) is 4.83 Å². The third kappa shape index (κ3) is 6.32. The Morgan fingerprint density at radius 2 is 1.75 bits per heavy atom. The number of halogens is 1. The SMILES string of the molecule is CC(C)CC(Br)CCCCc1ccccc1. The van der Waals surface area contributed by atoms with Crippen molar-refractivity contribution in [3.8, 4) is 0 Å². The maximum Gasteiger partial charge on any atom is 0.0148 e. The van der Waals surface area contributed by atoms with Crippen LogP contribution in [0, 0.1) is 5.92 Å². The maximum absolute atomic E-state index is 3.76. The second kappa shape index (κ2) is 7.89. The van der Waals surface area contributed by atoms with Crippen molar-refractivity contribution in [1.29, 1.82) is 0 Å². The number of hydrogen-bond acceptors (Lipinski definition) is 0. The molecular weight excluding hydrogens is 260 g/mol. The first kappa shape index (κ1) is 13.8. The zero-order valence-corrected chi connectivity index (χ0v) is 12.0. The highest BCUT2D eigenvalue weighted by atomic mass is 79.9. The van der Waals surface area contributed by atoms with E-state index in [0.717, 1.165) is 5.92 Å². The van der Waals surface area contributed by atoms with E-state index in [2.05, 4.69) is 60.1 Å². The Morgan fingerprint density at radius 1 is 1.06 bits per heavy atom. The van der Waals surface area contributed by atoms with Crippen molar-refractivity contribution in [3.63, 3.8) is 0 Å². The number of rotatable bonds is 7. The second-order valence-electron chi connectivity index (χ2n) is 4.96. The summed E-state index contributed by atoms with van der Waals surface area (Å²) in [6, 6.07) is 10.8. The van der Waals surface area contributed by atoms with Crippen molar-refractivity contribution in [2.45, 2.75) is 50.8 Å². The summed E-state index contributed by atoms with van der Waals surface area (Å²) in [4.78, 5) is 0.711. The van der Waals surface area contributed by atoms with Crippen molar-refractivity contribution in [3.05, 3.63) is 35.9 Å². The number of hydrogen-bond donors (Lipinski definition) is 0. The lowest BCUT2D eigenvalue weighted by Crippen LogP contribution is -2.02. The van der Waals surface area contributed by atoms with Gasteiger partial charge in [0.25, 0.3) is 0 Å². The lowest BCUT2D eigenvalue weighted by molar-refractivity contribution is 0.536. The summed E-state index contributed by atoms with van der Waals surface area (Å²) < 4.78 is 0. The molecule has 0 fully saturated rings. The van der Waals surface area contributed by atoms with Crippen molar-refractivity contribution >= 4 is 15.9 Å². The second-order valence-corrected chi connectivity index (χ2v) is 6.25. The van der Waals surface area contributed by atoms with E-state index in [1.54, 1.807) is 0 Å². The summed E-state index contributed by atoms with van der Waals surface area (Å²) in [5, 5.41) is 0. The summed E-state index contributed by atoms with van der Waals surface area (Å²) in [5.74, 6) is 0.804. The summed E-state index contributed by atoms with van der Waals surface area (Å²) in [7, 11) is 0. The van der Waals surface area contributed by atoms with Crippen LogP contribution in [0.15, 0.2) is 30.3 Å². The highest BCUT2D eigenvalue weighted by molar-refractivity contribution is 9.09. The molecule has 1 aromatic carbocycles. The summed E-state index contributed by atoms with van der Waals surface area (Å²) >= 11 is 3.76. The molecule has 0 aliphatic heterocycles. The monoisotopic (exact) mass is 282 g/mol. The Balaban J connectivity index is 2.08. The fourth-order valence-corrected chi connectivity index (χ4v) is 3.04. The van der Waals surface area contributed by atoms with Crippen LogP contribution in [0.5, 0.6) is 0 Å². The van der Waals surface area contributed by atoms with Gasteiger partial charge in [0, 0.05) is 4.83 Å². The van der Waals surface area contributed by atoms with E-state index in [1.165, 1.54) is 37.7 Å². The van der Waals surface area contributed by atoms with E-state index >= 15 is 0 Å². The molecular formula is C15H23Br. The molecule has 0 nitrogen and oxygen atoms in total. The Morgan fingerprint density at radius 3 is 2.38 bits per heavy atom. The first-order valence-corrected chi connectivity index (χ1v) is 7.28. The molecule has 16 heavy (non-hydrogen) atoms. The normalized spacial score (nSPS) is 13.0. The van der Waals surface area contributed by atoms with E-state index in [-0.39, 0.29) is 0 Å². The topological polar surface area (TPSA) is 0 Å². The first-order chi connectivity index (χ1) is 7.68. The lowest BCUT2D eigenvalue weighted by Gasteiger charge is -2.11. The van der Waals surface area contributed by atoms with Crippen LogP contribution in [0.4, 0.5) is 0 Å². The summed E-state index contributed by atoms with van der Waals surface area (Å²) in [5.41, 5.74) is 1.47. The molecule has 0 amide bonds. The molecule has 0 aliphatic rings. The van der Waals surface area contributed by atoms with Gasteiger partial charge in [0.05, 0.1) is 0 Å². The minimum Gasteiger partial charge on any atom is -0.0891 e. The zero-order chi connectivity index (χ0) is 11.8. The minimum absolute atomic E-state index is 0.711. The fourth-order valence-electron chi connectivity index (χ4n) is 1.97. The van der Waals surface area contributed by atoms with Gasteiger partial charge in [0.2, 0.25) is 0 Å². The van der Waals surface area contributed by atoms with Gasteiger partial charge in [-0.05, 0) is 37.2 Å². The molecule has 0 radical (unpaired) electrons. The number of alkyl halides is 1. The summed E-state index contributed by atoms with van der Waals surface area (Å²) in [6.45, 7) is 4.58. The third-order valence-corrected chi connectivity index (χ3v) is 3.63. The van der Waals surface area contributed by atoms with Crippen molar-refractivity contribution in [1.82, 2.24) is 0 Å². The van der Waals surface area contributed by atoms with Crippen LogP contribution < -0.4 is 0 Å². The molecule has 1 atom stereocenters. The first-order valence-electron chi connectivity index (χ1n) is 6.36. The Kier molecular flexibility index (Phi) is 6.79. The molecule has 90 valence electrons. The number of aryl methyl sites for hydroxylation is 1. The van der Waals surface area contributed by atoms with Crippen LogP contribution in [0.1, 0.15) is 45.1 Å². The van der Waals surface area contributed by atoms with Crippen molar-refractivity contribution in [2.75, 3.05) is 0 Å². The molecule has 0 heterocycles. The molecule has 0 saturated heterocycles. The highest BCUT2D eigenvalue weighted by Gasteiger charge is 2.06. The minimum atomic E-state index is 0.711. The fraction of sp³-hybridized carbons (Fsp3) is 0.600. The van der Waals surface area contributed by atoms with Crippen LogP contribution in [0.2, 0.25) is 0 Å². The quantitative estimate of drug-likeness (QED) is 0.476. The average molecular weight is 283 g/mol. The number of unbranched alkanes of at least 4 members (excludes halogenated alkanes) is 1. The lowest BCUT2D eigenvalue weighted by atomic mass is 10.0. The summed E-state index contributed by atoms with van der Waals surface area (Å²) in [6.07, 6.45) is 6.47. The maximum atomic E-state index is 3.76. The standard InChI is InChI=1S/C15H23Br/c1-13(2)12-15(16)11-7-6-10-14-8-4-3-5-9-14/h3-5,8-9,13,15H,6-7,10-12H2,1-2H3. The predicted octanol–water partition coefficient (Wildman–Crippen LogP) is 5.21.